The van der Waals surface area contributed by atoms with Gasteiger partial charge >= 0.3 is 6.03 Å². The lowest BCUT2D eigenvalue weighted by molar-refractivity contribution is 0.128. The zero-order valence-electron chi connectivity index (χ0n) is 15.2. The first-order chi connectivity index (χ1) is 12.1. The number of likely N-dealkylation sites (tertiary alicyclic amines) is 1. The molecule has 0 aliphatic carbocycles. The van der Waals surface area contributed by atoms with Crippen LogP contribution in [0, 0.1) is 13.8 Å². The quantitative estimate of drug-likeness (QED) is 0.908. The number of ether oxygens (including phenoxy) is 1. The van der Waals surface area contributed by atoms with Crippen molar-refractivity contribution in [2.45, 2.75) is 39.3 Å². The molecular formula is C19H26N4O2. The van der Waals surface area contributed by atoms with E-state index in [-0.39, 0.29) is 12.1 Å². The Morgan fingerprint density at radius 1 is 1.32 bits per heavy atom. The molecule has 1 aromatic carbocycles. The molecule has 2 amide bonds. The molecule has 2 aromatic rings. The van der Waals surface area contributed by atoms with E-state index in [1.807, 2.05) is 40.8 Å². The van der Waals surface area contributed by atoms with Crippen LogP contribution in [0.2, 0.25) is 0 Å². The van der Waals surface area contributed by atoms with E-state index >= 15 is 0 Å². The smallest absolute Gasteiger partial charge is 0.322 e. The Kier molecular flexibility index (Phi) is 5.38. The number of nitrogens with zero attached hydrogens (tertiary/aromatic N) is 3. The molecular weight excluding hydrogens is 316 g/mol. The Morgan fingerprint density at radius 3 is 2.72 bits per heavy atom. The zero-order chi connectivity index (χ0) is 17.8. The molecule has 1 aliphatic heterocycles. The minimum absolute atomic E-state index is 0.0501. The number of carbonyl (C=O) groups is 1. The summed E-state index contributed by atoms with van der Waals surface area (Å²) < 4.78 is 7.20. The van der Waals surface area contributed by atoms with Gasteiger partial charge in [-0.25, -0.2) is 4.79 Å². The van der Waals surface area contributed by atoms with Gasteiger partial charge in [0.15, 0.2) is 0 Å². The van der Waals surface area contributed by atoms with E-state index < -0.39 is 0 Å². The second kappa shape index (κ2) is 7.70. The van der Waals surface area contributed by atoms with Gasteiger partial charge in [-0.3, -0.25) is 4.68 Å². The molecule has 1 atom stereocenters. The van der Waals surface area contributed by atoms with Gasteiger partial charge in [0.1, 0.15) is 0 Å². The third-order valence-electron chi connectivity index (χ3n) is 4.64. The molecule has 0 radical (unpaired) electrons. The van der Waals surface area contributed by atoms with Gasteiger partial charge in [-0.15, -0.1) is 0 Å². The second-order valence-corrected chi connectivity index (χ2v) is 6.66. The lowest BCUT2D eigenvalue weighted by Gasteiger charge is -2.24. The van der Waals surface area contributed by atoms with E-state index in [1.165, 1.54) is 0 Å². The molecule has 0 saturated carbocycles. The summed E-state index contributed by atoms with van der Waals surface area (Å²) in [6.07, 6.45) is 2.03. The first kappa shape index (κ1) is 17.5. The summed E-state index contributed by atoms with van der Waals surface area (Å²) >= 11 is 0. The maximum absolute atomic E-state index is 12.5. The van der Waals surface area contributed by atoms with Crippen molar-refractivity contribution in [3.63, 3.8) is 0 Å². The highest BCUT2D eigenvalue weighted by Gasteiger charge is 2.28. The van der Waals surface area contributed by atoms with Gasteiger partial charge < -0.3 is 15.0 Å². The predicted octanol–water partition coefficient (Wildman–Crippen LogP) is 3.19. The third kappa shape index (κ3) is 4.20. The fourth-order valence-corrected chi connectivity index (χ4v) is 3.37. The number of aromatic nitrogens is 2. The molecule has 6 heteroatoms. The van der Waals surface area contributed by atoms with Crippen molar-refractivity contribution < 1.29 is 9.53 Å². The first-order valence-electron chi connectivity index (χ1n) is 8.73. The zero-order valence-corrected chi connectivity index (χ0v) is 15.2. The monoisotopic (exact) mass is 342 g/mol. The van der Waals surface area contributed by atoms with Crippen LogP contribution >= 0.6 is 0 Å². The molecule has 1 fully saturated rings. The van der Waals surface area contributed by atoms with Crippen LogP contribution in [0.4, 0.5) is 10.5 Å². The number of amides is 2. The van der Waals surface area contributed by atoms with Crippen LogP contribution in [0.15, 0.2) is 30.3 Å². The minimum atomic E-state index is -0.0501. The van der Waals surface area contributed by atoms with Crippen LogP contribution < -0.4 is 5.32 Å². The summed E-state index contributed by atoms with van der Waals surface area (Å²) in [5.74, 6) is 0. The van der Waals surface area contributed by atoms with Crippen LogP contribution in [-0.4, -0.2) is 47.0 Å². The van der Waals surface area contributed by atoms with Gasteiger partial charge in [0.25, 0.3) is 0 Å². The molecule has 1 N–H and O–H groups in total. The molecule has 2 heterocycles. The number of methoxy groups -OCH3 is 1. The van der Waals surface area contributed by atoms with Crippen molar-refractivity contribution in [2.75, 3.05) is 25.6 Å². The molecule has 25 heavy (non-hydrogen) atoms. The Labute approximate surface area is 148 Å². The molecule has 0 spiro atoms. The van der Waals surface area contributed by atoms with Crippen LogP contribution in [0.3, 0.4) is 0 Å². The number of urea groups is 1. The van der Waals surface area contributed by atoms with Crippen LogP contribution in [-0.2, 0) is 11.3 Å². The van der Waals surface area contributed by atoms with Gasteiger partial charge in [0, 0.05) is 25.0 Å². The summed E-state index contributed by atoms with van der Waals surface area (Å²) in [5, 5.41) is 7.47. The average Bonchev–Trinajstić information content (AvgIpc) is 3.16. The summed E-state index contributed by atoms with van der Waals surface area (Å²) in [4.78, 5) is 14.3. The number of anilines is 1. The Morgan fingerprint density at radius 2 is 2.08 bits per heavy atom. The van der Waals surface area contributed by atoms with Gasteiger partial charge in [-0.1, -0.05) is 12.1 Å². The number of hydrogen-bond acceptors (Lipinski definition) is 3. The minimum Gasteiger partial charge on any atom is -0.383 e. The molecule has 1 aliphatic rings. The van der Waals surface area contributed by atoms with Crippen molar-refractivity contribution in [3.8, 4) is 0 Å². The third-order valence-corrected chi connectivity index (χ3v) is 4.64. The lowest BCUT2D eigenvalue weighted by Crippen LogP contribution is -2.40. The lowest BCUT2D eigenvalue weighted by atomic mass is 10.2. The highest BCUT2D eigenvalue weighted by atomic mass is 16.5. The van der Waals surface area contributed by atoms with Gasteiger partial charge in [-0.2, -0.15) is 5.10 Å². The summed E-state index contributed by atoms with van der Waals surface area (Å²) in [7, 11) is 1.68. The molecule has 134 valence electrons. The van der Waals surface area contributed by atoms with Gasteiger partial charge in [0.05, 0.1) is 24.9 Å². The van der Waals surface area contributed by atoms with Crippen molar-refractivity contribution in [2.24, 2.45) is 0 Å². The number of nitrogens with one attached hydrogen (secondary N) is 1. The highest BCUT2D eigenvalue weighted by Crippen LogP contribution is 2.19. The van der Waals surface area contributed by atoms with Gasteiger partial charge in [-0.05, 0) is 50.5 Å². The topological polar surface area (TPSA) is 59.4 Å². The predicted molar refractivity (Wildman–Crippen MR) is 97.9 cm³/mol. The summed E-state index contributed by atoms with van der Waals surface area (Å²) in [6, 6.07) is 10.1. The van der Waals surface area contributed by atoms with Crippen molar-refractivity contribution in [1.29, 1.82) is 0 Å². The fraction of sp³-hybridized carbons (Fsp3) is 0.474. The SMILES string of the molecule is COC[C@@H]1CCCN1C(=O)Nc1ccc(Cn2nc(C)cc2C)cc1. The maximum Gasteiger partial charge on any atom is 0.322 e. The standard InChI is InChI=1S/C19H26N4O2/c1-14-11-15(2)23(21-14)12-16-6-8-17(9-7-16)20-19(24)22-10-4-5-18(22)13-25-3/h6-9,11,18H,4-5,10,12-13H2,1-3H3,(H,20,24)/t18-/m0/s1. The van der Waals surface area contributed by atoms with Crippen molar-refractivity contribution in [1.82, 2.24) is 14.7 Å². The van der Waals surface area contributed by atoms with E-state index in [2.05, 4.69) is 23.4 Å². The maximum atomic E-state index is 12.5. The Balaban J connectivity index is 1.60. The summed E-state index contributed by atoms with van der Waals surface area (Å²) in [5.41, 5.74) is 4.14. The first-order valence-corrected chi connectivity index (χ1v) is 8.73. The van der Waals surface area contributed by atoms with E-state index in [0.29, 0.717) is 6.61 Å². The van der Waals surface area contributed by atoms with Crippen LogP contribution in [0.1, 0.15) is 29.8 Å². The highest BCUT2D eigenvalue weighted by molar-refractivity contribution is 5.89. The number of aryl methyl sites for hydroxylation is 2. The normalized spacial score (nSPS) is 17.1. The van der Waals surface area contributed by atoms with E-state index in [9.17, 15) is 4.79 Å². The number of rotatable bonds is 5. The molecule has 1 saturated heterocycles. The summed E-state index contributed by atoms with van der Waals surface area (Å²) in [6.45, 7) is 6.17. The average molecular weight is 342 g/mol. The number of benzene rings is 1. The molecule has 6 nitrogen and oxygen atoms in total. The van der Waals surface area contributed by atoms with E-state index in [0.717, 1.165) is 48.6 Å². The fourth-order valence-electron chi connectivity index (χ4n) is 3.37. The molecule has 1 aromatic heterocycles. The Bertz CT molecular complexity index is 724. The Hall–Kier alpha value is -2.34. The van der Waals surface area contributed by atoms with Crippen LogP contribution in [0.5, 0.6) is 0 Å². The number of hydrogen-bond donors (Lipinski definition) is 1. The van der Waals surface area contributed by atoms with Crippen molar-refractivity contribution >= 4 is 11.7 Å². The molecule has 3 rings (SSSR count). The second-order valence-electron chi connectivity index (χ2n) is 6.66. The number of carbonyl (C=O) groups excluding carboxylic acids is 1. The molecule has 0 bridgehead atoms. The van der Waals surface area contributed by atoms with Crippen LogP contribution in [0.25, 0.3) is 0 Å². The van der Waals surface area contributed by atoms with Crippen molar-refractivity contribution in [3.05, 3.63) is 47.3 Å². The van der Waals surface area contributed by atoms with E-state index in [1.54, 1.807) is 7.11 Å². The largest absolute Gasteiger partial charge is 0.383 e. The molecule has 0 unspecified atom stereocenters. The van der Waals surface area contributed by atoms with E-state index in [4.69, 9.17) is 4.74 Å². The van der Waals surface area contributed by atoms with Gasteiger partial charge in [0.2, 0.25) is 0 Å².